The van der Waals surface area contributed by atoms with E-state index in [4.69, 9.17) is 0 Å². The van der Waals surface area contributed by atoms with Crippen molar-refractivity contribution in [2.45, 2.75) is 6.92 Å². The molecule has 0 fully saturated rings. The second-order valence-electron chi connectivity index (χ2n) is 2.74. The molecule has 0 N–H and O–H groups in total. The van der Waals surface area contributed by atoms with E-state index in [0.29, 0.717) is 11.3 Å². The topological polar surface area (TPSA) is 41.8 Å². The molecule has 3 nitrogen and oxygen atoms in total. The zero-order valence-corrected chi connectivity index (χ0v) is 7.11. The average Bonchev–Trinajstić information content (AvgIpc) is 2.48. The van der Waals surface area contributed by atoms with Crippen molar-refractivity contribution in [1.82, 2.24) is 0 Å². The molecule has 63 valence electrons. The number of benzene rings is 1. The van der Waals surface area contributed by atoms with E-state index in [0.717, 1.165) is 5.56 Å². The molecule has 0 aliphatic carbocycles. The molecule has 2 rings (SSSR count). The Hall–Kier alpha value is -1.77. The lowest BCUT2D eigenvalue weighted by molar-refractivity contribution is -0.112. The molecule has 13 heavy (non-hydrogen) atoms. The van der Waals surface area contributed by atoms with Crippen LogP contribution in [0, 0.1) is 6.07 Å². The first-order valence-electron chi connectivity index (χ1n) is 3.93. The van der Waals surface area contributed by atoms with Crippen LogP contribution in [0.5, 0.6) is 0 Å². The van der Waals surface area contributed by atoms with Gasteiger partial charge in [-0.3, -0.25) is 4.79 Å². The summed E-state index contributed by atoms with van der Waals surface area (Å²) >= 11 is 0. The van der Waals surface area contributed by atoms with Crippen molar-refractivity contribution in [1.29, 1.82) is 0 Å². The lowest BCUT2D eigenvalue weighted by Crippen LogP contribution is -1.94. The van der Waals surface area contributed by atoms with Crippen LogP contribution in [-0.2, 0) is 4.79 Å². The van der Waals surface area contributed by atoms with Gasteiger partial charge in [-0.1, -0.05) is 24.3 Å². The predicted molar refractivity (Wildman–Crippen MR) is 47.7 cm³/mol. The maximum atomic E-state index is 11.2. The van der Waals surface area contributed by atoms with Crippen LogP contribution >= 0.6 is 0 Å². The zero-order valence-electron chi connectivity index (χ0n) is 7.11. The number of allylic oxidation sites excluding steroid dienone is 1. The van der Waals surface area contributed by atoms with Crippen molar-refractivity contribution in [3.05, 3.63) is 41.6 Å². The number of carbonyl (C=O) groups is 1. The molecule has 0 aromatic heterocycles. The molecule has 0 spiro atoms. The van der Waals surface area contributed by atoms with Crippen molar-refractivity contribution in [2.24, 2.45) is 10.2 Å². The van der Waals surface area contributed by atoms with Gasteiger partial charge < -0.3 is 0 Å². The van der Waals surface area contributed by atoms with Crippen LogP contribution < -0.4 is 0 Å². The van der Waals surface area contributed by atoms with E-state index >= 15 is 0 Å². The molecule has 3 heteroatoms. The first kappa shape index (κ1) is 7.86. The minimum absolute atomic E-state index is 0.278. The third-order valence-electron chi connectivity index (χ3n) is 1.84. The van der Waals surface area contributed by atoms with E-state index in [2.05, 4.69) is 16.3 Å². The monoisotopic (exact) mass is 171 g/mol. The fraction of sp³-hybridized carbons (Fsp3) is 0.100. The first-order chi connectivity index (χ1) is 6.29. The van der Waals surface area contributed by atoms with Gasteiger partial charge in [0, 0.05) is 0 Å². The van der Waals surface area contributed by atoms with Crippen molar-refractivity contribution >= 4 is 11.5 Å². The number of hydrogen-bond acceptors (Lipinski definition) is 2. The van der Waals surface area contributed by atoms with Gasteiger partial charge in [0.05, 0.1) is 11.3 Å². The minimum atomic E-state index is -0.278. The van der Waals surface area contributed by atoms with E-state index in [1.54, 1.807) is 13.0 Å². The summed E-state index contributed by atoms with van der Waals surface area (Å²) < 4.78 is 0. The van der Waals surface area contributed by atoms with Crippen LogP contribution in [-0.4, -0.2) is 5.91 Å². The molecule has 1 heterocycles. The Morgan fingerprint density at radius 1 is 1.31 bits per heavy atom. The second-order valence-corrected chi connectivity index (χ2v) is 2.74. The standard InChI is InChI=1S/C10H7N2O/c1-7-9(10(13)12-11-7)8-5-3-2-4-6-8/h2-5H,1H3. The quantitative estimate of drug-likeness (QED) is 0.638. The highest BCUT2D eigenvalue weighted by Gasteiger charge is 2.19. The number of amides is 1. The lowest BCUT2D eigenvalue weighted by atomic mass is 10.0. The molecule has 0 saturated heterocycles. The van der Waals surface area contributed by atoms with Gasteiger partial charge in [0.1, 0.15) is 0 Å². The summed E-state index contributed by atoms with van der Waals surface area (Å²) in [6.45, 7) is 1.77. The van der Waals surface area contributed by atoms with E-state index in [1.165, 1.54) is 0 Å². The number of hydrogen-bond donors (Lipinski definition) is 0. The Balaban J connectivity index is 2.50. The fourth-order valence-corrected chi connectivity index (χ4v) is 1.23. The molecule has 1 radical (unpaired) electrons. The van der Waals surface area contributed by atoms with E-state index in [1.807, 2.05) is 18.2 Å². The summed E-state index contributed by atoms with van der Waals surface area (Å²) in [5.41, 5.74) is 1.98. The molecule has 1 aromatic rings. The summed E-state index contributed by atoms with van der Waals surface area (Å²) in [6.07, 6.45) is 0. The largest absolute Gasteiger partial charge is 0.297 e. The highest BCUT2D eigenvalue weighted by atomic mass is 16.2. The molecule has 0 unspecified atom stereocenters. The van der Waals surface area contributed by atoms with E-state index in [9.17, 15) is 4.79 Å². The predicted octanol–water partition coefficient (Wildman–Crippen LogP) is 2.21. The number of nitrogens with zero attached hydrogens (tertiary/aromatic N) is 2. The second kappa shape index (κ2) is 2.94. The molecule has 0 saturated carbocycles. The Labute approximate surface area is 75.8 Å². The summed E-state index contributed by atoms with van der Waals surface area (Å²) in [7, 11) is 0. The Bertz CT molecular complexity index is 404. The number of carbonyl (C=O) groups excluding carboxylic acids is 1. The SMILES string of the molecule is CC1=C(c2[c]cccc2)C(=O)N=N1. The summed E-state index contributed by atoms with van der Waals surface area (Å²) in [6, 6.07) is 10.3. The summed E-state index contributed by atoms with van der Waals surface area (Å²) in [4.78, 5) is 11.2. The highest BCUT2D eigenvalue weighted by molar-refractivity contribution is 6.21. The highest BCUT2D eigenvalue weighted by Crippen LogP contribution is 2.25. The van der Waals surface area contributed by atoms with Gasteiger partial charge in [0.15, 0.2) is 0 Å². The normalized spacial score (nSPS) is 15.6. The smallest absolute Gasteiger partial charge is 0.265 e. The van der Waals surface area contributed by atoms with Gasteiger partial charge in [-0.15, -0.1) is 5.11 Å². The van der Waals surface area contributed by atoms with E-state index < -0.39 is 0 Å². The van der Waals surface area contributed by atoms with Gasteiger partial charge in [-0.2, -0.15) is 5.11 Å². The van der Waals surface area contributed by atoms with Crippen molar-refractivity contribution in [2.75, 3.05) is 0 Å². The van der Waals surface area contributed by atoms with Crippen LogP contribution in [0.3, 0.4) is 0 Å². The number of rotatable bonds is 1. The van der Waals surface area contributed by atoms with Crippen molar-refractivity contribution < 1.29 is 4.79 Å². The summed E-state index contributed by atoms with van der Waals surface area (Å²) in [5, 5.41) is 7.18. The zero-order chi connectivity index (χ0) is 9.26. The Morgan fingerprint density at radius 2 is 2.15 bits per heavy atom. The first-order valence-corrected chi connectivity index (χ1v) is 3.93. The van der Waals surface area contributed by atoms with Crippen LogP contribution in [0.15, 0.2) is 40.2 Å². The van der Waals surface area contributed by atoms with Crippen LogP contribution in [0.25, 0.3) is 5.57 Å². The summed E-state index contributed by atoms with van der Waals surface area (Å²) in [5.74, 6) is -0.278. The molecule has 0 atom stereocenters. The Kier molecular flexibility index (Phi) is 1.77. The van der Waals surface area contributed by atoms with Crippen LogP contribution in [0.2, 0.25) is 0 Å². The fourth-order valence-electron chi connectivity index (χ4n) is 1.23. The lowest BCUT2D eigenvalue weighted by Gasteiger charge is -1.97. The molecular weight excluding hydrogens is 164 g/mol. The Morgan fingerprint density at radius 3 is 2.69 bits per heavy atom. The molecule has 1 aliphatic heterocycles. The molecule has 1 amide bonds. The van der Waals surface area contributed by atoms with Gasteiger partial charge in [0.2, 0.25) is 0 Å². The third kappa shape index (κ3) is 1.28. The average molecular weight is 171 g/mol. The van der Waals surface area contributed by atoms with Crippen LogP contribution in [0.1, 0.15) is 12.5 Å². The molecule has 1 aliphatic rings. The minimum Gasteiger partial charge on any atom is -0.265 e. The van der Waals surface area contributed by atoms with Gasteiger partial charge >= 0.3 is 0 Å². The third-order valence-corrected chi connectivity index (χ3v) is 1.84. The molecule has 1 aromatic carbocycles. The molecule has 0 bridgehead atoms. The van der Waals surface area contributed by atoms with Gasteiger partial charge in [-0.05, 0) is 18.6 Å². The maximum Gasteiger partial charge on any atom is 0.297 e. The van der Waals surface area contributed by atoms with Crippen molar-refractivity contribution in [3.8, 4) is 0 Å². The molecular formula is C10H7N2O. The maximum absolute atomic E-state index is 11.2. The van der Waals surface area contributed by atoms with Gasteiger partial charge in [0.25, 0.3) is 5.91 Å². The number of azo groups is 1. The van der Waals surface area contributed by atoms with E-state index in [-0.39, 0.29) is 5.91 Å². The van der Waals surface area contributed by atoms with Crippen LogP contribution in [0.4, 0.5) is 0 Å². The van der Waals surface area contributed by atoms with Gasteiger partial charge in [-0.25, -0.2) is 0 Å². The van der Waals surface area contributed by atoms with Crippen molar-refractivity contribution in [3.63, 3.8) is 0 Å².